The van der Waals surface area contributed by atoms with Gasteiger partial charge in [0.25, 0.3) is 5.91 Å². The predicted molar refractivity (Wildman–Crippen MR) is 100 cm³/mol. The lowest BCUT2D eigenvalue weighted by molar-refractivity contribution is 0.102. The number of rotatable bonds is 5. The van der Waals surface area contributed by atoms with E-state index < -0.39 is 15.7 Å². The number of sulfone groups is 1. The second-order valence-corrected chi connectivity index (χ2v) is 7.68. The summed E-state index contributed by atoms with van der Waals surface area (Å²) in [5.74, 6) is 0.721. The van der Waals surface area contributed by atoms with Crippen LogP contribution in [0.1, 0.15) is 10.4 Å². The minimum atomic E-state index is -3.39. The van der Waals surface area contributed by atoms with Crippen LogP contribution in [0.3, 0.4) is 0 Å². The van der Waals surface area contributed by atoms with Crippen molar-refractivity contribution in [2.75, 3.05) is 11.6 Å². The van der Waals surface area contributed by atoms with Crippen molar-refractivity contribution in [2.24, 2.45) is 0 Å². The Morgan fingerprint density at radius 3 is 2.31 bits per heavy atom. The quantitative estimate of drug-likeness (QED) is 0.736. The molecule has 0 aromatic heterocycles. The molecule has 0 aliphatic rings. The van der Waals surface area contributed by atoms with E-state index in [0.717, 1.165) is 6.26 Å². The first kappa shape index (κ1) is 17.7. The lowest BCUT2D eigenvalue weighted by atomic mass is 10.2. The molecule has 0 radical (unpaired) electrons. The van der Waals surface area contributed by atoms with Gasteiger partial charge in [-0.05, 0) is 42.5 Å². The van der Waals surface area contributed by atoms with E-state index in [1.807, 2.05) is 30.3 Å². The van der Waals surface area contributed by atoms with Gasteiger partial charge in [-0.1, -0.05) is 36.4 Å². The third kappa shape index (κ3) is 4.29. The molecule has 132 valence electrons. The minimum absolute atomic E-state index is 0.0963. The monoisotopic (exact) mass is 367 g/mol. The predicted octanol–water partition coefficient (Wildman–Crippen LogP) is 4.13. The highest BCUT2D eigenvalue weighted by atomic mass is 32.2. The molecule has 0 spiro atoms. The van der Waals surface area contributed by atoms with Crippen LogP contribution in [-0.2, 0) is 9.84 Å². The fourth-order valence-corrected chi connectivity index (χ4v) is 3.00. The highest BCUT2D eigenvalue weighted by Gasteiger charge is 2.13. The highest BCUT2D eigenvalue weighted by Crippen LogP contribution is 2.29. The number of amides is 1. The van der Waals surface area contributed by atoms with Gasteiger partial charge in [-0.25, -0.2) is 8.42 Å². The van der Waals surface area contributed by atoms with Crippen molar-refractivity contribution >= 4 is 21.4 Å². The number of nitrogens with one attached hydrogen (secondary N) is 1. The minimum Gasteiger partial charge on any atom is -0.455 e. The van der Waals surface area contributed by atoms with Crippen molar-refractivity contribution in [3.63, 3.8) is 0 Å². The van der Waals surface area contributed by atoms with Crippen LogP contribution < -0.4 is 10.1 Å². The van der Waals surface area contributed by atoms with E-state index in [1.165, 1.54) is 18.2 Å². The zero-order valence-electron chi connectivity index (χ0n) is 14.0. The first-order valence-corrected chi connectivity index (χ1v) is 9.76. The first-order chi connectivity index (χ1) is 12.4. The van der Waals surface area contributed by atoms with Crippen LogP contribution in [-0.4, -0.2) is 20.6 Å². The van der Waals surface area contributed by atoms with Crippen LogP contribution >= 0.6 is 0 Å². The molecule has 0 saturated carbocycles. The molecule has 1 amide bonds. The molecule has 0 fully saturated rings. The number of hydrogen-bond donors (Lipinski definition) is 1. The Labute approximate surface area is 152 Å². The van der Waals surface area contributed by atoms with E-state index in [9.17, 15) is 13.2 Å². The molecule has 0 bridgehead atoms. The van der Waals surface area contributed by atoms with E-state index >= 15 is 0 Å². The summed E-state index contributed by atoms with van der Waals surface area (Å²) in [7, 11) is -3.39. The fourth-order valence-electron chi connectivity index (χ4n) is 2.34. The lowest BCUT2D eigenvalue weighted by Crippen LogP contribution is -2.13. The molecule has 3 rings (SSSR count). The molecule has 3 aromatic rings. The van der Waals surface area contributed by atoms with Gasteiger partial charge in [0, 0.05) is 11.8 Å². The molecule has 0 unspecified atom stereocenters. The van der Waals surface area contributed by atoms with Crippen LogP contribution in [0.2, 0.25) is 0 Å². The van der Waals surface area contributed by atoms with E-state index in [1.54, 1.807) is 30.3 Å². The second kappa shape index (κ2) is 7.41. The summed E-state index contributed by atoms with van der Waals surface area (Å²) in [6.07, 6.45) is 1.10. The summed E-state index contributed by atoms with van der Waals surface area (Å²) in [6.45, 7) is 0. The molecular formula is C20H17NO4S. The van der Waals surface area contributed by atoms with Crippen molar-refractivity contribution in [3.8, 4) is 11.5 Å². The number of para-hydroxylation sites is 3. The Morgan fingerprint density at radius 1 is 0.885 bits per heavy atom. The molecular weight excluding hydrogens is 350 g/mol. The summed E-state index contributed by atoms with van der Waals surface area (Å²) in [6, 6.07) is 22.2. The molecule has 5 nitrogen and oxygen atoms in total. The van der Waals surface area contributed by atoms with Gasteiger partial charge < -0.3 is 10.1 Å². The second-order valence-electron chi connectivity index (χ2n) is 5.67. The van der Waals surface area contributed by atoms with Crippen LogP contribution in [0.4, 0.5) is 5.69 Å². The largest absolute Gasteiger partial charge is 0.455 e. The Kier molecular flexibility index (Phi) is 5.04. The van der Waals surface area contributed by atoms with E-state index in [2.05, 4.69) is 5.32 Å². The number of anilines is 1. The Morgan fingerprint density at radius 2 is 1.58 bits per heavy atom. The number of hydrogen-bond acceptors (Lipinski definition) is 4. The molecule has 0 aliphatic carbocycles. The summed E-state index contributed by atoms with van der Waals surface area (Å²) < 4.78 is 29.2. The van der Waals surface area contributed by atoms with Crippen molar-refractivity contribution in [1.29, 1.82) is 0 Å². The number of carbonyl (C=O) groups is 1. The molecule has 6 heteroatoms. The van der Waals surface area contributed by atoms with Gasteiger partial charge in [-0.2, -0.15) is 0 Å². The third-order valence-electron chi connectivity index (χ3n) is 3.63. The maximum atomic E-state index is 12.5. The average Bonchev–Trinajstić information content (AvgIpc) is 2.63. The number of benzene rings is 3. The number of ether oxygens (including phenoxy) is 1. The van der Waals surface area contributed by atoms with Crippen molar-refractivity contribution in [3.05, 3.63) is 84.4 Å². The molecule has 0 atom stereocenters. The first-order valence-electron chi connectivity index (χ1n) is 7.87. The van der Waals surface area contributed by atoms with Crippen LogP contribution in [0.25, 0.3) is 0 Å². The summed E-state index contributed by atoms with van der Waals surface area (Å²) in [5.41, 5.74) is 0.744. The van der Waals surface area contributed by atoms with E-state index in [4.69, 9.17) is 4.74 Å². The van der Waals surface area contributed by atoms with Crippen molar-refractivity contribution in [1.82, 2.24) is 0 Å². The van der Waals surface area contributed by atoms with Gasteiger partial charge in [0.05, 0.1) is 10.6 Å². The van der Waals surface area contributed by atoms with E-state index in [-0.39, 0.29) is 10.5 Å². The fraction of sp³-hybridized carbons (Fsp3) is 0.0500. The smallest absolute Gasteiger partial charge is 0.255 e. The van der Waals surface area contributed by atoms with Crippen LogP contribution in [0.15, 0.2) is 83.8 Å². The third-order valence-corrected chi connectivity index (χ3v) is 4.74. The molecule has 0 heterocycles. The zero-order chi connectivity index (χ0) is 18.6. The van der Waals surface area contributed by atoms with Crippen molar-refractivity contribution < 1.29 is 17.9 Å². The average molecular weight is 367 g/mol. The molecule has 1 N–H and O–H groups in total. The molecule has 3 aromatic carbocycles. The zero-order valence-corrected chi connectivity index (χ0v) is 14.9. The van der Waals surface area contributed by atoms with Crippen LogP contribution in [0, 0.1) is 0 Å². The Balaban J connectivity index is 1.84. The summed E-state index contributed by atoms with van der Waals surface area (Å²) in [4.78, 5) is 12.6. The van der Waals surface area contributed by atoms with Gasteiger partial charge in [-0.15, -0.1) is 0 Å². The van der Waals surface area contributed by atoms with Gasteiger partial charge >= 0.3 is 0 Å². The number of carbonyl (C=O) groups excluding carboxylic acids is 1. The molecule has 0 aliphatic heterocycles. The summed E-state index contributed by atoms with van der Waals surface area (Å²) >= 11 is 0. The Hall–Kier alpha value is -3.12. The SMILES string of the molecule is CS(=O)(=O)c1cccc(C(=O)Nc2ccccc2Oc2ccccc2)c1. The maximum Gasteiger partial charge on any atom is 0.255 e. The molecule has 26 heavy (non-hydrogen) atoms. The van der Waals surface area contributed by atoms with Gasteiger partial charge in [0.1, 0.15) is 5.75 Å². The van der Waals surface area contributed by atoms with E-state index in [0.29, 0.717) is 17.2 Å². The summed E-state index contributed by atoms with van der Waals surface area (Å²) in [5, 5.41) is 2.77. The van der Waals surface area contributed by atoms with Gasteiger partial charge in [0.2, 0.25) is 0 Å². The standard InChI is InChI=1S/C20H17NO4S/c1-26(23,24)17-11-7-8-15(14-17)20(22)21-18-12-5-6-13-19(18)25-16-9-3-2-4-10-16/h2-14H,1H3,(H,21,22). The maximum absolute atomic E-state index is 12.5. The van der Waals surface area contributed by atoms with Gasteiger partial charge in [-0.3, -0.25) is 4.79 Å². The normalized spacial score (nSPS) is 11.0. The topological polar surface area (TPSA) is 72.5 Å². The molecule has 0 saturated heterocycles. The van der Waals surface area contributed by atoms with Crippen LogP contribution in [0.5, 0.6) is 11.5 Å². The van der Waals surface area contributed by atoms with Crippen molar-refractivity contribution in [2.45, 2.75) is 4.90 Å². The van der Waals surface area contributed by atoms with Gasteiger partial charge in [0.15, 0.2) is 15.6 Å². The Bertz CT molecular complexity index is 1030. The highest BCUT2D eigenvalue weighted by molar-refractivity contribution is 7.90. The lowest BCUT2D eigenvalue weighted by Gasteiger charge is -2.12.